The molecule has 0 radical (unpaired) electrons. The molecule has 1 aliphatic carbocycles. The third-order valence-electron chi connectivity index (χ3n) is 4.67. The molecule has 0 bridgehead atoms. The number of carbonyl (C=O) groups excluding carboxylic acids is 2. The van der Waals surface area contributed by atoms with Crippen LogP contribution >= 0.6 is 0 Å². The van der Waals surface area contributed by atoms with Crippen LogP contribution in [0.25, 0.3) is 0 Å². The average Bonchev–Trinajstić information content (AvgIpc) is 3.35. The highest BCUT2D eigenvalue weighted by atomic mass is 16.2. The van der Waals surface area contributed by atoms with E-state index in [1.807, 2.05) is 32.9 Å². The summed E-state index contributed by atoms with van der Waals surface area (Å²) in [5, 5.41) is 5.88. The largest absolute Gasteiger partial charge is 0.370 e. The molecule has 4 N–H and O–H groups in total. The van der Waals surface area contributed by atoms with Crippen LogP contribution in [0.3, 0.4) is 0 Å². The van der Waals surface area contributed by atoms with Crippen LogP contribution in [0.2, 0.25) is 0 Å². The Labute approximate surface area is 147 Å². The Kier molecular flexibility index (Phi) is 4.41. The van der Waals surface area contributed by atoms with Gasteiger partial charge in [-0.1, -0.05) is 12.1 Å². The van der Waals surface area contributed by atoms with Crippen molar-refractivity contribution >= 4 is 23.6 Å². The van der Waals surface area contributed by atoms with E-state index in [1.165, 1.54) is 4.90 Å². The summed E-state index contributed by atoms with van der Waals surface area (Å²) in [6.07, 6.45) is 1.97. The van der Waals surface area contributed by atoms with E-state index in [9.17, 15) is 9.59 Å². The number of amides is 3. The van der Waals surface area contributed by atoms with Gasteiger partial charge >= 0.3 is 6.03 Å². The zero-order chi connectivity index (χ0) is 18.2. The molecule has 2 fully saturated rings. The molecule has 2 aliphatic rings. The van der Waals surface area contributed by atoms with Gasteiger partial charge in [-0.2, -0.15) is 0 Å². The number of guanidine groups is 1. The molecule has 1 heterocycles. The van der Waals surface area contributed by atoms with Gasteiger partial charge in [-0.25, -0.2) is 14.7 Å². The van der Waals surface area contributed by atoms with Gasteiger partial charge in [0.1, 0.15) is 5.54 Å². The number of carbonyl (C=O) groups is 2. The lowest BCUT2D eigenvalue weighted by Crippen LogP contribution is -2.46. The molecule has 3 rings (SSSR count). The van der Waals surface area contributed by atoms with E-state index in [1.54, 1.807) is 12.1 Å². The Balaban J connectivity index is 1.70. The Morgan fingerprint density at radius 1 is 1.36 bits per heavy atom. The summed E-state index contributed by atoms with van der Waals surface area (Å²) in [4.78, 5) is 30.5. The number of aliphatic imine (C=N–C) groups is 1. The number of nitrogens with zero attached hydrogens (tertiary/aromatic N) is 2. The zero-order valence-electron chi connectivity index (χ0n) is 14.9. The van der Waals surface area contributed by atoms with E-state index < -0.39 is 5.54 Å². The molecule has 0 aromatic heterocycles. The van der Waals surface area contributed by atoms with E-state index in [2.05, 4.69) is 15.6 Å². The number of rotatable bonds is 5. The first-order valence-corrected chi connectivity index (χ1v) is 8.63. The molecule has 7 heteroatoms. The highest BCUT2D eigenvalue weighted by molar-refractivity contribution is 6.23. The lowest BCUT2D eigenvalue weighted by atomic mass is 9.96. The van der Waals surface area contributed by atoms with Crippen molar-refractivity contribution in [3.63, 3.8) is 0 Å². The molecular formula is C18H25N5O2. The molecule has 1 aromatic carbocycles. The Morgan fingerprint density at radius 2 is 2.00 bits per heavy atom. The predicted octanol–water partition coefficient (Wildman–Crippen LogP) is 1.72. The summed E-state index contributed by atoms with van der Waals surface area (Å²) in [5.74, 6) is 0.475. The van der Waals surface area contributed by atoms with Gasteiger partial charge in [-0.05, 0) is 57.2 Å². The van der Waals surface area contributed by atoms with Gasteiger partial charge in [0.25, 0.3) is 5.91 Å². The van der Waals surface area contributed by atoms with E-state index in [0.29, 0.717) is 18.2 Å². The highest BCUT2D eigenvalue weighted by Gasteiger charge is 2.56. The molecule has 0 spiro atoms. The maximum Gasteiger partial charge on any atom is 0.329 e. The van der Waals surface area contributed by atoms with E-state index >= 15 is 0 Å². The first-order valence-electron chi connectivity index (χ1n) is 8.63. The molecule has 1 atom stereocenters. The van der Waals surface area contributed by atoms with Gasteiger partial charge in [0, 0.05) is 6.04 Å². The van der Waals surface area contributed by atoms with Crippen molar-refractivity contribution in [3.8, 4) is 0 Å². The number of anilines is 1. The Bertz CT molecular complexity index is 709. The van der Waals surface area contributed by atoms with Crippen molar-refractivity contribution in [1.29, 1.82) is 0 Å². The number of urea groups is 1. The van der Waals surface area contributed by atoms with Crippen LogP contribution in [-0.2, 0) is 11.3 Å². The first kappa shape index (κ1) is 17.3. The Hall–Kier alpha value is -2.57. The molecule has 1 saturated carbocycles. The molecule has 134 valence electrons. The number of nitrogens with two attached hydrogens (primary N) is 1. The number of hydrogen-bond acceptors (Lipinski definition) is 3. The third-order valence-corrected chi connectivity index (χ3v) is 4.67. The quantitative estimate of drug-likeness (QED) is 0.430. The summed E-state index contributed by atoms with van der Waals surface area (Å²) in [7, 11) is 0. The highest BCUT2D eigenvalue weighted by Crippen LogP contribution is 2.43. The summed E-state index contributed by atoms with van der Waals surface area (Å²) in [6.45, 7) is 6.24. The second kappa shape index (κ2) is 6.38. The summed E-state index contributed by atoms with van der Waals surface area (Å²) in [6, 6.07) is 7.13. The fourth-order valence-electron chi connectivity index (χ4n) is 3.10. The van der Waals surface area contributed by atoms with Crippen LogP contribution in [0.4, 0.5) is 10.5 Å². The fraction of sp³-hybridized carbons (Fsp3) is 0.500. The molecule has 7 nitrogen and oxygen atoms in total. The first-order chi connectivity index (χ1) is 11.8. The summed E-state index contributed by atoms with van der Waals surface area (Å²) >= 11 is 0. The second-order valence-corrected chi connectivity index (χ2v) is 7.21. The SMILES string of the molecule is CC(C)NC(N)=NCc1ccc(N2C(=O)NC(C)(C3CC3)C2=O)cc1. The smallest absolute Gasteiger partial charge is 0.329 e. The standard InChI is InChI=1S/C18H25N5O2/c1-11(2)21-16(19)20-10-12-4-8-14(9-5-12)23-15(24)18(3,13-6-7-13)22-17(23)25/h4-5,8-9,11,13H,6-7,10H2,1-3H3,(H,22,25)(H3,19,20,21). The van der Waals surface area contributed by atoms with Gasteiger partial charge in [-0.3, -0.25) is 4.79 Å². The van der Waals surface area contributed by atoms with E-state index in [4.69, 9.17) is 5.73 Å². The lowest BCUT2D eigenvalue weighted by Gasteiger charge is -2.21. The van der Waals surface area contributed by atoms with Crippen LogP contribution in [0.15, 0.2) is 29.3 Å². The van der Waals surface area contributed by atoms with Crippen LogP contribution in [0.1, 0.15) is 39.2 Å². The molecule has 1 aliphatic heterocycles. The number of nitrogens with one attached hydrogen (secondary N) is 2. The van der Waals surface area contributed by atoms with Crippen molar-refractivity contribution < 1.29 is 9.59 Å². The molecular weight excluding hydrogens is 318 g/mol. The molecule has 1 aromatic rings. The maximum absolute atomic E-state index is 12.7. The van der Waals surface area contributed by atoms with Crippen molar-refractivity contribution in [2.45, 2.75) is 51.7 Å². The minimum atomic E-state index is -0.767. The average molecular weight is 343 g/mol. The molecule has 3 amide bonds. The molecule has 1 unspecified atom stereocenters. The maximum atomic E-state index is 12.7. The van der Waals surface area contributed by atoms with Gasteiger partial charge in [-0.15, -0.1) is 0 Å². The normalized spacial score (nSPS) is 24.0. The Morgan fingerprint density at radius 3 is 2.56 bits per heavy atom. The molecule has 25 heavy (non-hydrogen) atoms. The number of hydrogen-bond donors (Lipinski definition) is 3. The topological polar surface area (TPSA) is 99.8 Å². The van der Waals surface area contributed by atoms with Crippen LogP contribution in [0.5, 0.6) is 0 Å². The van der Waals surface area contributed by atoms with Crippen LogP contribution in [0, 0.1) is 5.92 Å². The number of benzene rings is 1. The van der Waals surface area contributed by atoms with Crippen LogP contribution < -0.4 is 21.3 Å². The van der Waals surface area contributed by atoms with Gasteiger partial charge in [0.15, 0.2) is 5.96 Å². The van der Waals surface area contributed by atoms with Gasteiger partial charge in [0.05, 0.1) is 12.2 Å². The van der Waals surface area contributed by atoms with Crippen molar-refractivity contribution in [3.05, 3.63) is 29.8 Å². The van der Waals surface area contributed by atoms with Crippen molar-refractivity contribution in [2.24, 2.45) is 16.6 Å². The molecule has 1 saturated heterocycles. The predicted molar refractivity (Wildman–Crippen MR) is 97.2 cm³/mol. The third kappa shape index (κ3) is 3.45. The monoisotopic (exact) mass is 343 g/mol. The van der Waals surface area contributed by atoms with E-state index in [0.717, 1.165) is 18.4 Å². The zero-order valence-corrected chi connectivity index (χ0v) is 14.9. The summed E-state index contributed by atoms with van der Waals surface area (Å²) in [5.41, 5.74) is 6.55. The van der Waals surface area contributed by atoms with Crippen LogP contribution in [-0.4, -0.2) is 29.5 Å². The minimum Gasteiger partial charge on any atom is -0.370 e. The summed E-state index contributed by atoms with van der Waals surface area (Å²) < 4.78 is 0. The van der Waals surface area contributed by atoms with Gasteiger partial charge in [0.2, 0.25) is 0 Å². The van der Waals surface area contributed by atoms with Gasteiger partial charge < -0.3 is 16.4 Å². The van der Waals surface area contributed by atoms with Crippen molar-refractivity contribution in [1.82, 2.24) is 10.6 Å². The van der Waals surface area contributed by atoms with Crippen molar-refractivity contribution in [2.75, 3.05) is 4.90 Å². The second-order valence-electron chi connectivity index (χ2n) is 7.21. The fourth-order valence-corrected chi connectivity index (χ4v) is 3.10. The number of imide groups is 1. The lowest BCUT2D eigenvalue weighted by molar-refractivity contribution is -0.122. The minimum absolute atomic E-state index is 0.170. The van der Waals surface area contributed by atoms with E-state index in [-0.39, 0.29) is 23.9 Å².